The predicted molar refractivity (Wildman–Crippen MR) is 151 cm³/mol. The fourth-order valence-electron chi connectivity index (χ4n) is 5.96. The fraction of sp³-hybridized carbons (Fsp3) is 0.419. The maximum atomic E-state index is 5.86. The molecule has 3 aliphatic heterocycles. The summed E-state index contributed by atoms with van der Waals surface area (Å²) in [5, 5.41) is 7.07. The largest absolute Gasteiger partial charge is 0.352 e. The van der Waals surface area contributed by atoms with Crippen molar-refractivity contribution in [1.82, 2.24) is 30.6 Å². The number of rotatable bonds is 7. The van der Waals surface area contributed by atoms with Crippen LogP contribution in [0.3, 0.4) is 0 Å². The summed E-state index contributed by atoms with van der Waals surface area (Å²) in [6.07, 6.45) is 7.98. The second kappa shape index (κ2) is 11.1. The summed E-state index contributed by atoms with van der Waals surface area (Å²) < 4.78 is 11.7. The number of benzene rings is 2. The van der Waals surface area contributed by atoms with E-state index in [2.05, 4.69) is 74.1 Å². The van der Waals surface area contributed by atoms with Crippen molar-refractivity contribution in [2.75, 3.05) is 26.3 Å². The lowest BCUT2D eigenvalue weighted by atomic mass is 10.00. The summed E-state index contributed by atoms with van der Waals surface area (Å²) in [5.41, 5.74) is 7.74. The molecule has 7 rings (SSSR count). The van der Waals surface area contributed by atoms with E-state index in [1.54, 1.807) is 0 Å². The normalized spacial score (nSPS) is 22.1. The van der Waals surface area contributed by atoms with E-state index in [-0.39, 0.29) is 12.3 Å². The van der Waals surface area contributed by atoms with E-state index in [0.717, 1.165) is 85.4 Å². The number of aromatic nitrogens is 4. The average molecular weight is 525 g/mol. The zero-order chi connectivity index (χ0) is 26.0. The third kappa shape index (κ3) is 5.30. The van der Waals surface area contributed by atoms with Gasteiger partial charge in [0, 0.05) is 17.7 Å². The monoisotopic (exact) mass is 524 g/mol. The molecule has 0 unspecified atom stereocenters. The molecular formula is C31H36N6O2. The van der Waals surface area contributed by atoms with Crippen molar-refractivity contribution >= 4 is 0 Å². The number of H-pyrrole nitrogens is 2. The Balaban J connectivity index is 1.10. The van der Waals surface area contributed by atoms with Gasteiger partial charge in [-0.25, -0.2) is 9.97 Å². The van der Waals surface area contributed by atoms with Gasteiger partial charge in [-0.05, 0) is 61.9 Å². The smallest absolute Gasteiger partial charge is 0.163 e. The molecule has 0 bridgehead atoms. The minimum absolute atomic E-state index is 0.222. The maximum Gasteiger partial charge on any atom is 0.163 e. The lowest BCUT2D eigenvalue weighted by molar-refractivity contribution is -0.177. The Kier molecular flexibility index (Phi) is 7.01. The first kappa shape index (κ1) is 24.7. The molecule has 3 saturated heterocycles. The second-order valence-corrected chi connectivity index (χ2v) is 10.8. The molecular weight excluding hydrogens is 488 g/mol. The van der Waals surface area contributed by atoms with E-state index in [9.17, 15) is 0 Å². The molecule has 2 aromatic heterocycles. The highest BCUT2D eigenvalue weighted by molar-refractivity contribution is 5.72. The lowest BCUT2D eigenvalue weighted by Gasteiger charge is -2.23. The van der Waals surface area contributed by atoms with E-state index in [1.165, 1.54) is 24.0 Å². The highest BCUT2D eigenvalue weighted by atomic mass is 16.7. The maximum absolute atomic E-state index is 5.86. The van der Waals surface area contributed by atoms with Crippen LogP contribution in [-0.2, 0) is 15.9 Å². The van der Waals surface area contributed by atoms with Crippen LogP contribution in [0.5, 0.6) is 0 Å². The molecule has 0 spiro atoms. The standard InChI is InChI=1S/C31H36N6O2/c1-4-24(32-14-1)30-34-19-27(36-30)22-10-6-20(7-11-22)21-8-12-23(13-9-21)29-26(18-28-38-16-3-17-39-28)35-31(37-29)25-5-2-15-33-25/h6-13,19,24-25,28,32-33H,1-5,14-18H2,(H,34,36)(H,35,37)/t24-,25+/m0/s1. The summed E-state index contributed by atoms with van der Waals surface area (Å²) in [5.74, 6) is 2.05. The van der Waals surface area contributed by atoms with E-state index < -0.39 is 0 Å². The zero-order valence-corrected chi connectivity index (χ0v) is 22.2. The van der Waals surface area contributed by atoms with Gasteiger partial charge < -0.3 is 30.1 Å². The van der Waals surface area contributed by atoms with Crippen LogP contribution in [0.25, 0.3) is 33.6 Å². The molecule has 5 heterocycles. The molecule has 39 heavy (non-hydrogen) atoms. The summed E-state index contributed by atoms with van der Waals surface area (Å²) in [6.45, 7) is 3.60. The fourth-order valence-corrected chi connectivity index (χ4v) is 5.96. The molecule has 2 aromatic carbocycles. The third-order valence-corrected chi connectivity index (χ3v) is 8.13. The van der Waals surface area contributed by atoms with E-state index in [0.29, 0.717) is 12.5 Å². The van der Waals surface area contributed by atoms with Gasteiger partial charge in [-0.3, -0.25) is 0 Å². The summed E-state index contributed by atoms with van der Waals surface area (Å²) in [4.78, 5) is 16.8. The van der Waals surface area contributed by atoms with Crippen LogP contribution in [-0.4, -0.2) is 52.5 Å². The molecule has 4 N–H and O–H groups in total. The van der Waals surface area contributed by atoms with Gasteiger partial charge in [0.1, 0.15) is 11.6 Å². The molecule has 0 radical (unpaired) electrons. The third-order valence-electron chi connectivity index (χ3n) is 8.13. The zero-order valence-electron chi connectivity index (χ0n) is 22.2. The highest BCUT2D eigenvalue weighted by Crippen LogP contribution is 2.31. The first-order valence-corrected chi connectivity index (χ1v) is 14.3. The van der Waals surface area contributed by atoms with E-state index in [1.807, 2.05) is 6.20 Å². The number of nitrogens with zero attached hydrogens (tertiary/aromatic N) is 2. The second-order valence-electron chi connectivity index (χ2n) is 10.8. The molecule has 8 nitrogen and oxygen atoms in total. The van der Waals surface area contributed by atoms with Crippen molar-refractivity contribution in [2.24, 2.45) is 0 Å². The minimum atomic E-state index is -0.222. The van der Waals surface area contributed by atoms with Gasteiger partial charge in [0.2, 0.25) is 0 Å². The van der Waals surface area contributed by atoms with Gasteiger partial charge in [-0.1, -0.05) is 48.5 Å². The topological polar surface area (TPSA) is 99.9 Å². The van der Waals surface area contributed by atoms with Gasteiger partial charge in [0.25, 0.3) is 0 Å². The predicted octanol–water partition coefficient (Wildman–Crippen LogP) is 5.29. The first-order valence-electron chi connectivity index (χ1n) is 14.3. The Morgan fingerprint density at radius 3 is 1.95 bits per heavy atom. The Bertz CT molecular complexity index is 1380. The van der Waals surface area contributed by atoms with Crippen LogP contribution in [0.15, 0.2) is 54.7 Å². The van der Waals surface area contributed by atoms with Gasteiger partial charge >= 0.3 is 0 Å². The Hall–Kier alpha value is -3.30. The van der Waals surface area contributed by atoms with Crippen molar-refractivity contribution in [1.29, 1.82) is 0 Å². The molecule has 0 aliphatic carbocycles. The van der Waals surface area contributed by atoms with Crippen molar-refractivity contribution in [3.05, 3.63) is 72.1 Å². The van der Waals surface area contributed by atoms with Crippen molar-refractivity contribution in [2.45, 2.75) is 56.9 Å². The Morgan fingerprint density at radius 1 is 0.692 bits per heavy atom. The van der Waals surface area contributed by atoms with E-state index in [4.69, 9.17) is 14.5 Å². The number of imidazole rings is 2. The SMILES string of the molecule is c1cc(-c2cnc([C@@H]3CCCN3)[nH]2)ccc1-c1ccc(-c2nc([C@H]3CCCN3)[nH]c2CC2OCCCO2)cc1. The van der Waals surface area contributed by atoms with Gasteiger partial charge in [0.15, 0.2) is 6.29 Å². The van der Waals surface area contributed by atoms with Crippen LogP contribution in [0.2, 0.25) is 0 Å². The van der Waals surface area contributed by atoms with Crippen molar-refractivity contribution in [3.8, 4) is 33.6 Å². The summed E-state index contributed by atoms with van der Waals surface area (Å²) >= 11 is 0. The van der Waals surface area contributed by atoms with Crippen LogP contribution < -0.4 is 10.6 Å². The summed E-state index contributed by atoms with van der Waals surface area (Å²) in [7, 11) is 0. The van der Waals surface area contributed by atoms with Gasteiger partial charge in [-0.2, -0.15) is 0 Å². The highest BCUT2D eigenvalue weighted by Gasteiger charge is 2.25. The van der Waals surface area contributed by atoms with Crippen LogP contribution >= 0.6 is 0 Å². The number of nitrogens with one attached hydrogen (secondary N) is 4. The van der Waals surface area contributed by atoms with Gasteiger partial charge in [0.05, 0.1) is 42.9 Å². The van der Waals surface area contributed by atoms with Gasteiger partial charge in [-0.15, -0.1) is 0 Å². The van der Waals surface area contributed by atoms with Crippen molar-refractivity contribution in [3.63, 3.8) is 0 Å². The first-order chi connectivity index (χ1) is 19.3. The lowest BCUT2D eigenvalue weighted by Crippen LogP contribution is -2.27. The van der Waals surface area contributed by atoms with Crippen LogP contribution in [0.4, 0.5) is 0 Å². The minimum Gasteiger partial charge on any atom is -0.352 e. The molecule has 3 aliphatic rings. The van der Waals surface area contributed by atoms with Crippen LogP contribution in [0.1, 0.15) is 61.5 Å². The molecule has 2 atom stereocenters. The molecule has 4 aromatic rings. The molecule has 3 fully saturated rings. The number of hydrogen-bond donors (Lipinski definition) is 4. The number of aromatic amines is 2. The molecule has 0 amide bonds. The number of hydrogen-bond acceptors (Lipinski definition) is 6. The van der Waals surface area contributed by atoms with Crippen molar-refractivity contribution < 1.29 is 9.47 Å². The molecule has 0 saturated carbocycles. The Labute approximate surface area is 229 Å². The average Bonchev–Trinajstić information content (AvgIpc) is 3.81. The quantitative estimate of drug-likeness (QED) is 0.262. The van der Waals surface area contributed by atoms with E-state index >= 15 is 0 Å². The number of ether oxygens (including phenoxy) is 2. The molecule has 8 heteroatoms. The Morgan fingerprint density at radius 2 is 1.31 bits per heavy atom. The molecule has 202 valence electrons. The van der Waals surface area contributed by atoms with Crippen LogP contribution in [0, 0.1) is 0 Å². The summed E-state index contributed by atoms with van der Waals surface area (Å²) in [6, 6.07) is 18.0.